The van der Waals surface area contributed by atoms with E-state index in [1.807, 2.05) is 6.92 Å². The Kier molecular flexibility index (Phi) is 3.33. The summed E-state index contributed by atoms with van der Waals surface area (Å²) in [5, 5.41) is 1.14. The highest BCUT2D eigenvalue weighted by Gasteiger charge is 2.15. The zero-order valence-corrected chi connectivity index (χ0v) is 10.5. The van der Waals surface area contributed by atoms with Crippen LogP contribution in [0.15, 0.2) is 0 Å². The van der Waals surface area contributed by atoms with E-state index in [1.165, 1.54) is 25.9 Å². The van der Waals surface area contributed by atoms with Crippen molar-refractivity contribution in [3.05, 3.63) is 15.6 Å². The Morgan fingerprint density at radius 2 is 2.20 bits per heavy atom. The van der Waals surface area contributed by atoms with Gasteiger partial charge in [0.05, 0.1) is 17.1 Å². The normalized spacial score (nSPS) is 17.1. The second-order valence-corrected chi connectivity index (χ2v) is 5.39. The van der Waals surface area contributed by atoms with Crippen LogP contribution < -0.4 is 5.73 Å². The molecule has 1 saturated heterocycles. The number of nitrogens with zero attached hydrogens (tertiary/aromatic N) is 2. The summed E-state index contributed by atoms with van der Waals surface area (Å²) in [4.78, 5) is 8.38. The third-order valence-corrected chi connectivity index (χ3v) is 4.13. The van der Waals surface area contributed by atoms with Gasteiger partial charge in [0.1, 0.15) is 10.00 Å². The summed E-state index contributed by atoms with van der Waals surface area (Å²) in [5.41, 5.74) is 6.60. The molecule has 1 aromatic rings. The van der Waals surface area contributed by atoms with Crippen molar-refractivity contribution in [2.45, 2.75) is 26.3 Å². The number of aromatic nitrogens is 1. The predicted molar refractivity (Wildman–Crippen MR) is 67.2 cm³/mol. The Balaban J connectivity index is 2.08. The number of likely N-dealkylation sites (tertiary alicyclic amines) is 1. The van der Waals surface area contributed by atoms with E-state index in [-0.39, 0.29) is 0 Å². The lowest BCUT2D eigenvalue weighted by Crippen LogP contribution is -2.18. The molecule has 0 amide bonds. The van der Waals surface area contributed by atoms with Crippen LogP contribution >= 0.6 is 23.6 Å². The maximum absolute atomic E-state index is 5.62. The van der Waals surface area contributed by atoms with Crippen molar-refractivity contribution in [1.82, 2.24) is 9.88 Å². The predicted octanol–water partition coefficient (Wildman–Crippen LogP) is 1.68. The van der Waals surface area contributed by atoms with Crippen LogP contribution in [0.1, 0.15) is 28.4 Å². The first-order chi connectivity index (χ1) is 7.16. The van der Waals surface area contributed by atoms with Gasteiger partial charge in [-0.3, -0.25) is 4.90 Å². The number of aryl methyl sites for hydroxylation is 1. The van der Waals surface area contributed by atoms with Gasteiger partial charge in [0, 0.05) is 0 Å². The minimum absolute atomic E-state index is 0.470. The number of thiazole rings is 1. The second kappa shape index (κ2) is 4.55. The Morgan fingerprint density at radius 3 is 2.73 bits per heavy atom. The van der Waals surface area contributed by atoms with Crippen LogP contribution in [0, 0.1) is 6.92 Å². The zero-order valence-electron chi connectivity index (χ0n) is 8.82. The number of hydrogen-bond acceptors (Lipinski definition) is 4. The Bertz CT molecular complexity index is 367. The third-order valence-electron chi connectivity index (χ3n) is 2.62. The summed E-state index contributed by atoms with van der Waals surface area (Å²) in [6.07, 6.45) is 2.62. The Labute approximate surface area is 99.3 Å². The van der Waals surface area contributed by atoms with Crippen molar-refractivity contribution in [3.63, 3.8) is 0 Å². The molecule has 0 unspecified atom stereocenters. The molecule has 0 bridgehead atoms. The first-order valence-corrected chi connectivity index (χ1v) is 6.38. The summed E-state index contributed by atoms with van der Waals surface area (Å²) in [5.74, 6) is 0. The smallest absolute Gasteiger partial charge is 0.116 e. The average Bonchev–Trinajstić information content (AvgIpc) is 2.75. The summed E-state index contributed by atoms with van der Waals surface area (Å²) in [7, 11) is 0. The van der Waals surface area contributed by atoms with E-state index in [0.29, 0.717) is 4.99 Å². The summed E-state index contributed by atoms with van der Waals surface area (Å²) in [6, 6.07) is 0. The topological polar surface area (TPSA) is 42.2 Å². The van der Waals surface area contributed by atoms with Crippen LogP contribution in [-0.4, -0.2) is 28.0 Å². The standard InChI is InChI=1S/C10H15N3S2/c1-7-9(10(11)14)15-8(12-7)6-13-4-2-3-5-13/h2-6H2,1H3,(H2,11,14). The minimum atomic E-state index is 0.470. The van der Waals surface area contributed by atoms with E-state index in [1.54, 1.807) is 11.3 Å². The van der Waals surface area contributed by atoms with E-state index < -0.39 is 0 Å². The Hall–Kier alpha value is -0.520. The number of hydrogen-bond donors (Lipinski definition) is 1. The maximum atomic E-state index is 5.62. The SMILES string of the molecule is Cc1nc(CN2CCCC2)sc1C(N)=S. The third kappa shape index (κ3) is 2.53. The van der Waals surface area contributed by atoms with Gasteiger partial charge in [-0.05, 0) is 32.9 Å². The largest absolute Gasteiger partial charge is 0.389 e. The lowest BCUT2D eigenvalue weighted by atomic mass is 10.4. The molecule has 2 heterocycles. The molecule has 1 aliphatic heterocycles. The molecule has 0 spiro atoms. The van der Waals surface area contributed by atoms with Gasteiger partial charge in [0.25, 0.3) is 0 Å². The van der Waals surface area contributed by atoms with Crippen molar-refractivity contribution in [2.75, 3.05) is 13.1 Å². The lowest BCUT2D eigenvalue weighted by molar-refractivity contribution is 0.330. The molecule has 3 nitrogen and oxygen atoms in total. The van der Waals surface area contributed by atoms with E-state index in [2.05, 4.69) is 9.88 Å². The van der Waals surface area contributed by atoms with Crippen LogP contribution in [0.2, 0.25) is 0 Å². The molecule has 1 aromatic heterocycles. The van der Waals surface area contributed by atoms with E-state index in [4.69, 9.17) is 18.0 Å². The average molecular weight is 241 g/mol. The quantitative estimate of drug-likeness (QED) is 0.818. The molecule has 0 radical (unpaired) electrons. The highest BCUT2D eigenvalue weighted by Crippen LogP contribution is 2.21. The Morgan fingerprint density at radius 1 is 1.53 bits per heavy atom. The van der Waals surface area contributed by atoms with E-state index in [0.717, 1.165) is 22.1 Å². The fourth-order valence-electron chi connectivity index (χ4n) is 1.88. The highest BCUT2D eigenvalue weighted by atomic mass is 32.1. The summed E-state index contributed by atoms with van der Waals surface area (Å²) < 4.78 is 0. The maximum Gasteiger partial charge on any atom is 0.116 e. The molecule has 2 rings (SSSR count). The van der Waals surface area contributed by atoms with Crippen molar-refractivity contribution < 1.29 is 0 Å². The van der Waals surface area contributed by atoms with Crippen LogP contribution in [0.25, 0.3) is 0 Å². The molecule has 5 heteroatoms. The molecule has 0 saturated carbocycles. The van der Waals surface area contributed by atoms with Crippen molar-refractivity contribution in [3.8, 4) is 0 Å². The van der Waals surface area contributed by atoms with Gasteiger partial charge in [0.2, 0.25) is 0 Å². The zero-order chi connectivity index (χ0) is 10.8. The van der Waals surface area contributed by atoms with Crippen molar-refractivity contribution >= 4 is 28.5 Å². The minimum Gasteiger partial charge on any atom is -0.389 e. The second-order valence-electron chi connectivity index (χ2n) is 3.87. The molecule has 82 valence electrons. The molecule has 1 aliphatic rings. The van der Waals surface area contributed by atoms with Gasteiger partial charge in [-0.15, -0.1) is 11.3 Å². The van der Waals surface area contributed by atoms with Crippen LogP contribution in [0.3, 0.4) is 0 Å². The van der Waals surface area contributed by atoms with Crippen molar-refractivity contribution in [2.24, 2.45) is 5.73 Å². The fraction of sp³-hybridized carbons (Fsp3) is 0.600. The summed E-state index contributed by atoms with van der Waals surface area (Å²) in [6.45, 7) is 5.31. The van der Waals surface area contributed by atoms with Crippen LogP contribution in [-0.2, 0) is 6.54 Å². The number of thiocarbonyl (C=S) groups is 1. The molecule has 2 N–H and O–H groups in total. The van der Waals surface area contributed by atoms with E-state index >= 15 is 0 Å². The van der Waals surface area contributed by atoms with Gasteiger partial charge in [-0.2, -0.15) is 0 Å². The first-order valence-electron chi connectivity index (χ1n) is 5.15. The molecule has 0 atom stereocenters. The molecular formula is C10H15N3S2. The lowest BCUT2D eigenvalue weighted by Gasteiger charge is -2.11. The van der Waals surface area contributed by atoms with Gasteiger partial charge in [-0.25, -0.2) is 4.98 Å². The summed E-state index contributed by atoms with van der Waals surface area (Å²) >= 11 is 6.62. The highest BCUT2D eigenvalue weighted by molar-refractivity contribution is 7.81. The van der Waals surface area contributed by atoms with Crippen LogP contribution in [0.4, 0.5) is 0 Å². The molecule has 15 heavy (non-hydrogen) atoms. The number of nitrogens with two attached hydrogens (primary N) is 1. The number of rotatable bonds is 3. The van der Waals surface area contributed by atoms with Gasteiger partial charge >= 0.3 is 0 Å². The molecule has 0 aromatic carbocycles. The first kappa shape index (κ1) is 11.0. The van der Waals surface area contributed by atoms with Crippen LogP contribution in [0.5, 0.6) is 0 Å². The molecular weight excluding hydrogens is 226 g/mol. The van der Waals surface area contributed by atoms with Gasteiger partial charge in [-0.1, -0.05) is 12.2 Å². The van der Waals surface area contributed by atoms with Crippen molar-refractivity contribution in [1.29, 1.82) is 0 Å². The van der Waals surface area contributed by atoms with Gasteiger partial charge in [0.15, 0.2) is 0 Å². The van der Waals surface area contributed by atoms with E-state index in [9.17, 15) is 0 Å². The molecule has 0 aliphatic carbocycles. The molecule has 1 fully saturated rings. The monoisotopic (exact) mass is 241 g/mol. The van der Waals surface area contributed by atoms with Gasteiger partial charge < -0.3 is 5.73 Å². The fourth-order valence-corrected chi connectivity index (χ4v) is 3.11.